The van der Waals surface area contributed by atoms with Crippen LogP contribution in [-0.2, 0) is 14.8 Å². The first-order chi connectivity index (χ1) is 12.3. The molecular formula is C17H17ClN2O4S2. The largest absolute Gasteiger partial charge is 0.495 e. The first-order valence-corrected chi connectivity index (χ1v) is 10.5. The van der Waals surface area contributed by atoms with Crippen LogP contribution >= 0.6 is 23.4 Å². The average molecular weight is 413 g/mol. The van der Waals surface area contributed by atoms with Gasteiger partial charge in [-0.1, -0.05) is 18.5 Å². The molecule has 6 nitrogen and oxygen atoms in total. The van der Waals surface area contributed by atoms with E-state index in [-0.39, 0.29) is 16.1 Å². The molecule has 0 unspecified atom stereocenters. The Morgan fingerprint density at radius 1 is 1.27 bits per heavy atom. The Balaban J connectivity index is 1.90. The summed E-state index contributed by atoms with van der Waals surface area (Å²) in [5, 5.41) is 3.19. The number of thioether (sulfide) groups is 1. The van der Waals surface area contributed by atoms with Gasteiger partial charge >= 0.3 is 0 Å². The number of hydrogen-bond donors (Lipinski definition) is 2. The minimum absolute atomic E-state index is 0.0543. The van der Waals surface area contributed by atoms with E-state index >= 15 is 0 Å². The Morgan fingerprint density at radius 2 is 2.04 bits per heavy atom. The summed E-state index contributed by atoms with van der Waals surface area (Å²) in [7, 11) is -2.36. The maximum atomic E-state index is 12.7. The number of carbonyl (C=O) groups is 1. The van der Waals surface area contributed by atoms with Gasteiger partial charge in [0.15, 0.2) is 0 Å². The first kappa shape index (κ1) is 18.9. The van der Waals surface area contributed by atoms with Crippen LogP contribution in [0.15, 0.2) is 46.2 Å². The molecule has 1 heterocycles. The van der Waals surface area contributed by atoms with Crippen LogP contribution in [0.5, 0.6) is 5.75 Å². The molecule has 1 aliphatic heterocycles. The molecule has 1 aliphatic rings. The van der Waals surface area contributed by atoms with E-state index in [1.165, 1.54) is 37.1 Å². The van der Waals surface area contributed by atoms with Crippen molar-refractivity contribution in [3.8, 4) is 5.75 Å². The topological polar surface area (TPSA) is 84.5 Å². The molecule has 3 rings (SSSR count). The van der Waals surface area contributed by atoms with E-state index in [9.17, 15) is 13.2 Å². The van der Waals surface area contributed by atoms with Crippen LogP contribution in [-0.4, -0.2) is 26.7 Å². The third-order valence-corrected chi connectivity index (χ3v) is 6.59. The fourth-order valence-electron chi connectivity index (χ4n) is 2.54. The number of methoxy groups -OCH3 is 1. The molecule has 9 heteroatoms. The van der Waals surface area contributed by atoms with Crippen molar-refractivity contribution in [3.63, 3.8) is 0 Å². The maximum absolute atomic E-state index is 12.7. The number of rotatable bonds is 4. The first-order valence-electron chi connectivity index (χ1n) is 7.75. The second kappa shape index (κ2) is 7.38. The predicted molar refractivity (Wildman–Crippen MR) is 104 cm³/mol. The Morgan fingerprint density at radius 3 is 2.73 bits per heavy atom. The van der Waals surface area contributed by atoms with Crippen molar-refractivity contribution in [2.45, 2.75) is 28.4 Å². The van der Waals surface area contributed by atoms with Crippen molar-refractivity contribution in [1.29, 1.82) is 0 Å². The highest BCUT2D eigenvalue weighted by Gasteiger charge is 2.22. The maximum Gasteiger partial charge on any atom is 0.261 e. The van der Waals surface area contributed by atoms with Gasteiger partial charge in [-0.25, -0.2) is 8.42 Å². The molecule has 138 valence electrons. The lowest BCUT2D eigenvalue weighted by molar-refractivity contribution is -0.116. The molecule has 1 amide bonds. The zero-order valence-electron chi connectivity index (χ0n) is 14.1. The molecule has 2 aromatic rings. The number of anilines is 2. The van der Waals surface area contributed by atoms with Gasteiger partial charge < -0.3 is 10.1 Å². The van der Waals surface area contributed by atoms with Crippen LogP contribution in [0.1, 0.15) is 13.3 Å². The lowest BCUT2D eigenvalue weighted by atomic mass is 10.3. The van der Waals surface area contributed by atoms with Gasteiger partial charge in [0.25, 0.3) is 10.0 Å². The van der Waals surface area contributed by atoms with Crippen LogP contribution < -0.4 is 14.8 Å². The van der Waals surface area contributed by atoms with Gasteiger partial charge in [0.2, 0.25) is 5.91 Å². The summed E-state index contributed by atoms with van der Waals surface area (Å²) >= 11 is 7.57. The van der Waals surface area contributed by atoms with E-state index in [1.54, 1.807) is 18.2 Å². The summed E-state index contributed by atoms with van der Waals surface area (Å²) < 4.78 is 32.9. The fourth-order valence-corrected chi connectivity index (χ4v) is 4.93. The molecule has 0 aromatic heterocycles. The Bertz CT molecular complexity index is 963. The van der Waals surface area contributed by atoms with Gasteiger partial charge in [-0.2, -0.15) is 0 Å². The van der Waals surface area contributed by atoms with Crippen molar-refractivity contribution >= 4 is 50.7 Å². The monoisotopic (exact) mass is 412 g/mol. The van der Waals surface area contributed by atoms with Gasteiger partial charge in [-0.15, -0.1) is 11.8 Å². The van der Waals surface area contributed by atoms with E-state index in [0.29, 0.717) is 28.6 Å². The molecule has 0 spiro atoms. The normalized spacial score (nSPS) is 17.0. The smallest absolute Gasteiger partial charge is 0.261 e. The van der Waals surface area contributed by atoms with E-state index in [2.05, 4.69) is 10.0 Å². The second-order valence-corrected chi connectivity index (χ2v) is 9.36. The van der Waals surface area contributed by atoms with Gasteiger partial charge in [0, 0.05) is 16.6 Å². The summed E-state index contributed by atoms with van der Waals surface area (Å²) in [5.41, 5.74) is 0.817. The van der Waals surface area contributed by atoms with Crippen molar-refractivity contribution in [3.05, 3.63) is 41.4 Å². The zero-order chi connectivity index (χ0) is 18.9. The highest BCUT2D eigenvalue weighted by atomic mass is 35.5. The van der Waals surface area contributed by atoms with Crippen LogP contribution in [0.25, 0.3) is 0 Å². The van der Waals surface area contributed by atoms with E-state index in [4.69, 9.17) is 16.3 Å². The SMILES string of the molecule is COc1ccc(NS(=O)(=O)c2ccc3c(c2)NC(=O)C[C@@H](C)S3)cc1Cl. The van der Waals surface area contributed by atoms with E-state index < -0.39 is 10.0 Å². The van der Waals surface area contributed by atoms with Gasteiger partial charge in [-0.3, -0.25) is 9.52 Å². The van der Waals surface area contributed by atoms with Gasteiger partial charge in [0.1, 0.15) is 5.75 Å². The molecule has 2 aromatic carbocycles. The molecule has 0 bridgehead atoms. The average Bonchev–Trinajstić information content (AvgIpc) is 2.70. The van der Waals surface area contributed by atoms with Crippen molar-refractivity contribution in [2.24, 2.45) is 0 Å². The highest BCUT2D eigenvalue weighted by Crippen LogP contribution is 2.36. The zero-order valence-corrected chi connectivity index (χ0v) is 16.5. The number of sulfonamides is 1. The summed E-state index contributed by atoms with van der Waals surface area (Å²) in [5.74, 6) is 0.321. The number of benzene rings is 2. The number of halogens is 1. The molecule has 0 saturated carbocycles. The van der Waals surface area contributed by atoms with Crippen molar-refractivity contribution in [1.82, 2.24) is 0 Å². The summed E-state index contributed by atoms with van der Waals surface area (Å²) in [6.07, 6.45) is 0.379. The lowest BCUT2D eigenvalue weighted by Crippen LogP contribution is -2.15. The summed E-state index contributed by atoms with van der Waals surface area (Å²) in [4.78, 5) is 12.8. The van der Waals surface area contributed by atoms with Crippen LogP contribution in [0.3, 0.4) is 0 Å². The Labute approximate surface area is 161 Å². The van der Waals surface area contributed by atoms with E-state index in [1.807, 2.05) is 6.92 Å². The Kier molecular flexibility index (Phi) is 5.36. The third-order valence-electron chi connectivity index (χ3n) is 3.74. The van der Waals surface area contributed by atoms with Crippen molar-refractivity contribution < 1.29 is 17.9 Å². The lowest BCUT2D eigenvalue weighted by Gasteiger charge is -2.12. The van der Waals surface area contributed by atoms with Crippen LogP contribution in [0.2, 0.25) is 5.02 Å². The number of carbonyl (C=O) groups excluding carboxylic acids is 1. The summed E-state index contributed by atoms with van der Waals surface area (Å²) in [6.45, 7) is 1.96. The van der Waals surface area contributed by atoms with Gasteiger partial charge in [0.05, 0.1) is 28.4 Å². The molecular weight excluding hydrogens is 396 g/mol. The quantitative estimate of drug-likeness (QED) is 0.793. The highest BCUT2D eigenvalue weighted by molar-refractivity contribution is 8.00. The van der Waals surface area contributed by atoms with Crippen LogP contribution in [0, 0.1) is 0 Å². The van der Waals surface area contributed by atoms with E-state index in [0.717, 1.165) is 4.90 Å². The molecule has 0 saturated heterocycles. The third kappa shape index (κ3) is 4.08. The molecule has 0 aliphatic carbocycles. The number of nitrogens with one attached hydrogen (secondary N) is 2. The van der Waals surface area contributed by atoms with Crippen LogP contribution in [0.4, 0.5) is 11.4 Å². The Hall–Kier alpha value is -1.90. The second-order valence-electron chi connectivity index (χ2n) is 5.79. The molecule has 26 heavy (non-hydrogen) atoms. The molecule has 2 N–H and O–H groups in total. The minimum Gasteiger partial charge on any atom is -0.495 e. The number of ether oxygens (including phenoxy) is 1. The number of hydrogen-bond acceptors (Lipinski definition) is 5. The molecule has 0 fully saturated rings. The molecule has 0 radical (unpaired) electrons. The number of amides is 1. The number of fused-ring (bicyclic) bond motifs is 1. The summed E-state index contributed by atoms with van der Waals surface area (Å²) in [6, 6.07) is 9.30. The molecule has 1 atom stereocenters. The van der Waals surface area contributed by atoms with Gasteiger partial charge in [-0.05, 0) is 36.4 Å². The predicted octanol–water partition coefficient (Wildman–Crippen LogP) is 3.97. The fraction of sp³-hybridized carbons (Fsp3) is 0.235. The standard InChI is InChI=1S/C17H17ClN2O4S2/c1-10-7-17(21)19-14-9-12(4-6-16(14)25-10)26(22,23)20-11-3-5-15(24-2)13(18)8-11/h3-6,8-10,20H,7H2,1-2H3,(H,19,21)/t10-/m1/s1. The van der Waals surface area contributed by atoms with Crippen molar-refractivity contribution in [2.75, 3.05) is 17.1 Å². The minimum atomic E-state index is -3.84.